The van der Waals surface area contributed by atoms with Gasteiger partial charge in [0.2, 0.25) is 0 Å². The van der Waals surface area contributed by atoms with E-state index in [1.165, 1.54) is 0 Å². The molecule has 0 aliphatic carbocycles. The third-order valence-electron chi connectivity index (χ3n) is 2.91. The van der Waals surface area contributed by atoms with Crippen LogP contribution in [-0.4, -0.2) is 4.98 Å². The van der Waals surface area contributed by atoms with E-state index in [1.54, 1.807) is 11.3 Å². The van der Waals surface area contributed by atoms with Gasteiger partial charge in [-0.1, -0.05) is 39.0 Å². The van der Waals surface area contributed by atoms with Crippen molar-refractivity contribution in [2.24, 2.45) is 0 Å². The highest BCUT2D eigenvalue weighted by Gasteiger charge is 2.19. The van der Waals surface area contributed by atoms with Crippen LogP contribution >= 0.6 is 11.3 Å². The van der Waals surface area contributed by atoms with Crippen molar-refractivity contribution in [1.82, 2.24) is 4.98 Å². The number of fused-ring (bicyclic) bond motifs is 1. The Morgan fingerprint density at radius 3 is 2.61 bits per heavy atom. The van der Waals surface area contributed by atoms with Crippen LogP contribution in [-0.2, 0) is 5.41 Å². The van der Waals surface area contributed by atoms with Crippen molar-refractivity contribution in [2.45, 2.75) is 26.2 Å². The van der Waals surface area contributed by atoms with Crippen LogP contribution in [0.15, 0.2) is 40.1 Å². The topological polar surface area (TPSA) is 26.0 Å². The molecule has 3 rings (SSSR count). The molecule has 0 aliphatic heterocycles. The Balaban J connectivity index is 2.06. The highest BCUT2D eigenvalue weighted by molar-refractivity contribution is 7.13. The van der Waals surface area contributed by atoms with Crippen LogP contribution in [0.4, 0.5) is 0 Å². The monoisotopic (exact) mass is 257 g/mol. The summed E-state index contributed by atoms with van der Waals surface area (Å²) in [6.45, 7) is 6.51. The Labute approximate surface area is 110 Å². The van der Waals surface area contributed by atoms with Crippen LogP contribution in [0.3, 0.4) is 0 Å². The number of para-hydroxylation sites is 1. The molecule has 0 bridgehead atoms. The smallest absolute Gasteiger partial charge is 0.164 e. The molecule has 0 spiro atoms. The number of aromatic nitrogens is 1. The minimum Gasteiger partial charge on any atom is -0.454 e. The van der Waals surface area contributed by atoms with Crippen LogP contribution in [0, 0.1) is 0 Å². The molecule has 0 saturated carbocycles. The number of furan rings is 1. The van der Waals surface area contributed by atoms with E-state index in [1.807, 2.05) is 18.2 Å². The van der Waals surface area contributed by atoms with Crippen molar-refractivity contribution < 1.29 is 4.42 Å². The Hall–Kier alpha value is -1.61. The average Bonchev–Trinajstić information content (AvgIpc) is 2.94. The number of hydrogen-bond acceptors (Lipinski definition) is 3. The molecule has 92 valence electrons. The van der Waals surface area contributed by atoms with Crippen molar-refractivity contribution in [3.05, 3.63) is 41.4 Å². The highest BCUT2D eigenvalue weighted by Crippen LogP contribution is 2.32. The zero-order chi connectivity index (χ0) is 12.8. The van der Waals surface area contributed by atoms with E-state index in [-0.39, 0.29) is 5.41 Å². The lowest BCUT2D eigenvalue weighted by atomic mass is 9.93. The molecule has 0 aliphatic rings. The molecule has 0 N–H and O–H groups in total. The molecule has 0 atom stereocenters. The van der Waals surface area contributed by atoms with Crippen LogP contribution < -0.4 is 0 Å². The maximum Gasteiger partial charge on any atom is 0.164 e. The van der Waals surface area contributed by atoms with Crippen molar-refractivity contribution >= 4 is 22.3 Å². The van der Waals surface area contributed by atoms with Crippen LogP contribution in [0.1, 0.15) is 26.5 Å². The zero-order valence-electron chi connectivity index (χ0n) is 10.7. The molecule has 0 radical (unpaired) electrons. The molecule has 1 aromatic carbocycles. The summed E-state index contributed by atoms with van der Waals surface area (Å²) in [5, 5.41) is 4.19. The first-order valence-corrected chi connectivity index (χ1v) is 6.87. The van der Waals surface area contributed by atoms with Crippen LogP contribution in [0.2, 0.25) is 0 Å². The van der Waals surface area contributed by atoms with E-state index in [0.717, 1.165) is 27.4 Å². The molecule has 0 amide bonds. The van der Waals surface area contributed by atoms with E-state index < -0.39 is 0 Å². The second-order valence-electron chi connectivity index (χ2n) is 5.44. The molecule has 0 fully saturated rings. The Morgan fingerprint density at radius 2 is 1.94 bits per heavy atom. The van der Waals surface area contributed by atoms with Crippen molar-refractivity contribution in [3.8, 4) is 10.8 Å². The Morgan fingerprint density at radius 1 is 1.17 bits per heavy atom. The maximum atomic E-state index is 5.83. The molecule has 2 nitrogen and oxygen atoms in total. The van der Waals surface area contributed by atoms with E-state index in [0.29, 0.717) is 0 Å². The summed E-state index contributed by atoms with van der Waals surface area (Å²) in [6.07, 6.45) is 0. The number of thiazole rings is 1. The lowest BCUT2D eigenvalue weighted by Crippen LogP contribution is -2.11. The molecule has 0 saturated heterocycles. The highest BCUT2D eigenvalue weighted by atomic mass is 32.1. The predicted octanol–water partition coefficient (Wildman–Crippen LogP) is 4.85. The third-order valence-corrected chi connectivity index (χ3v) is 3.77. The fourth-order valence-electron chi connectivity index (χ4n) is 1.82. The summed E-state index contributed by atoms with van der Waals surface area (Å²) in [5.41, 5.74) is 2.11. The first-order valence-electron chi connectivity index (χ1n) is 5.99. The maximum absolute atomic E-state index is 5.83. The third kappa shape index (κ3) is 1.95. The van der Waals surface area contributed by atoms with Gasteiger partial charge in [0.1, 0.15) is 5.58 Å². The van der Waals surface area contributed by atoms with Gasteiger partial charge >= 0.3 is 0 Å². The first kappa shape index (κ1) is 11.5. The van der Waals surface area contributed by atoms with Gasteiger partial charge in [0, 0.05) is 16.2 Å². The molecule has 18 heavy (non-hydrogen) atoms. The molecular weight excluding hydrogens is 242 g/mol. The Bertz CT molecular complexity index is 655. The minimum absolute atomic E-state index is 0.0841. The van der Waals surface area contributed by atoms with E-state index in [4.69, 9.17) is 4.42 Å². The fraction of sp³-hybridized carbons (Fsp3) is 0.267. The van der Waals surface area contributed by atoms with Gasteiger partial charge in [-0.05, 0) is 12.1 Å². The summed E-state index contributed by atoms with van der Waals surface area (Å²) in [6, 6.07) is 10.1. The summed E-state index contributed by atoms with van der Waals surface area (Å²) in [7, 11) is 0. The van der Waals surface area contributed by atoms with Gasteiger partial charge in [0.25, 0.3) is 0 Å². The second-order valence-corrected chi connectivity index (χ2v) is 6.29. The standard InChI is InChI=1S/C15H15NOS/c1-15(2,3)13-9-18-14(16-13)12-8-10-6-4-5-7-11(10)17-12/h4-9H,1-3H3. The van der Waals surface area contributed by atoms with Gasteiger partial charge in [0.15, 0.2) is 10.8 Å². The predicted molar refractivity (Wildman–Crippen MR) is 76.0 cm³/mol. The van der Waals surface area contributed by atoms with Crippen LogP contribution in [0.5, 0.6) is 0 Å². The average molecular weight is 257 g/mol. The van der Waals surface area contributed by atoms with Gasteiger partial charge in [-0.2, -0.15) is 0 Å². The lowest BCUT2D eigenvalue weighted by molar-refractivity contribution is 0.571. The fourth-order valence-corrected chi connectivity index (χ4v) is 2.82. The molecule has 3 aromatic rings. The number of hydrogen-bond donors (Lipinski definition) is 0. The Kier molecular flexibility index (Phi) is 2.52. The molecule has 0 unspecified atom stereocenters. The van der Waals surface area contributed by atoms with Gasteiger partial charge < -0.3 is 4.42 Å². The molecule has 2 heterocycles. The second kappa shape index (κ2) is 3.95. The summed E-state index contributed by atoms with van der Waals surface area (Å²) >= 11 is 1.64. The summed E-state index contributed by atoms with van der Waals surface area (Å²) in [4.78, 5) is 4.67. The number of nitrogens with zero attached hydrogens (tertiary/aromatic N) is 1. The van der Waals surface area contributed by atoms with Gasteiger partial charge in [0.05, 0.1) is 5.69 Å². The molecular formula is C15H15NOS. The first-order chi connectivity index (χ1) is 8.54. The molecule has 2 aromatic heterocycles. The summed E-state index contributed by atoms with van der Waals surface area (Å²) in [5.74, 6) is 0.858. The van der Waals surface area contributed by atoms with Gasteiger partial charge in [-0.3, -0.25) is 0 Å². The quantitative estimate of drug-likeness (QED) is 0.622. The van der Waals surface area contributed by atoms with E-state index in [2.05, 4.69) is 43.3 Å². The van der Waals surface area contributed by atoms with Crippen LogP contribution in [0.25, 0.3) is 21.7 Å². The van der Waals surface area contributed by atoms with E-state index >= 15 is 0 Å². The lowest BCUT2D eigenvalue weighted by Gasteiger charge is -2.13. The summed E-state index contributed by atoms with van der Waals surface area (Å²) < 4.78 is 5.83. The molecule has 3 heteroatoms. The van der Waals surface area contributed by atoms with Gasteiger partial charge in [-0.25, -0.2) is 4.98 Å². The zero-order valence-corrected chi connectivity index (χ0v) is 11.5. The van der Waals surface area contributed by atoms with Gasteiger partial charge in [-0.15, -0.1) is 11.3 Å². The SMILES string of the molecule is CC(C)(C)c1csc(-c2cc3ccccc3o2)n1. The minimum atomic E-state index is 0.0841. The number of benzene rings is 1. The van der Waals surface area contributed by atoms with Crippen molar-refractivity contribution in [3.63, 3.8) is 0 Å². The van der Waals surface area contributed by atoms with Crippen molar-refractivity contribution in [1.29, 1.82) is 0 Å². The number of rotatable bonds is 1. The van der Waals surface area contributed by atoms with Crippen molar-refractivity contribution in [2.75, 3.05) is 0 Å². The van der Waals surface area contributed by atoms with E-state index in [9.17, 15) is 0 Å². The normalized spacial score (nSPS) is 12.2. The largest absolute Gasteiger partial charge is 0.454 e.